The van der Waals surface area contributed by atoms with Crippen LogP contribution in [-0.2, 0) is 9.59 Å². The van der Waals surface area contributed by atoms with Crippen LogP contribution in [0.5, 0.6) is 0 Å². The summed E-state index contributed by atoms with van der Waals surface area (Å²) in [7, 11) is 0. The maximum Gasteiger partial charge on any atom is 0.295 e. The zero-order valence-corrected chi connectivity index (χ0v) is 14.2. The number of benzene rings is 1. The minimum atomic E-state index is -0.669. The van der Waals surface area contributed by atoms with E-state index in [1.54, 1.807) is 24.3 Å². The second-order valence-electron chi connectivity index (χ2n) is 5.68. The zero-order chi connectivity index (χ0) is 18.6. The number of nitrogens with zero attached hydrogens (tertiary/aromatic N) is 4. The van der Waals surface area contributed by atoms with E-state index in [2.05, 4.69) is 10.1 Å². The Morgan fingerprint density at radius 3 is 2.69 bits per heavy atom. The molecule has 1 aliphatic rings. The number of carbonyl (C=O) groups excluding carboxylic acids is 2. The van der Waals surface area contributed by atoms with Crippen LogP contribution < -0.4 is 26.3 Å². The van der Waals surface area contributed by atoms with Crippen LogP contribution in [0.2, 0.25) is 0 Å². The molecule has 0 radical (unpaired) electrons. The number of hydrogen-bond acceptors (Lipinski definition) is 7. The number of fused-ring (bicyclic) bond motifs is 2. The quantitative estimate of drug-likeness (QED) is 0.590. The molecule has 0 bridgehead atoms. The van der Waals surface area contributed by atoms with Gasteiger partial charge in [0, 0.05) is 5.56 Å². The van der Waals surface area contributed by atoms with Crippen LogP contribution in [0.4, 0.5) is 5.69 Å². The topological polar surface area (TPSA) is 128 Å². The molecule has 0 aliphatic carbocycles. The summed E-state index contributed by atoms with van der Waals surface area (Å²) in [5, 5.41) is 3.94. The second-order valence-corrected chi connectivity index (χ2v) is 6.66. The molecule has 2 amide bonds. The van der Waals surface area contributed by atoms with Gasteiger partial charge in [-0.25, -0.2) is 0 Å². The van der Waals surface area contributed by atoms with Gasteiger partial charge in [-0.15, -0.1) is 0 Å². The first-order valence-corrected chi connectivity index (χ1v) is 8.34. The molecule has 3 heterocycles. The summed E-state index contributed by atoms with van der Waals surface area (Å²) in [5.41, 5.74) is 5.41. The Morgan fingerprint density at radius 1 is 1.23 bits per heavy atom. The van der Waals surface area contributed by atoms with Crippen molar-refractivity contribution in [3.63, 3.8) is 0 Å². The fourth-order valence-electron chi connectivity index (χ4n) is 2.85. The fourth-order valence-corrected chi connectivity index (χ4v) is 3.84. The average Bonchev–Trinajstić information content (AvgIpc) is 3.04. The highest BCUT2D eigenvalue weighted by Gasteiger charge is 2.34. The first kappa shape index (κ1) is 16.1. The van der Waals surface area contributed by atoms with Gasteiger partial charge in [0.15, 0.2) is 0 Å². The van der Waals surface area contributed by atoms with Crippen LogP contribution in [0.15, 0.2) is 33.9 Å². The summed E-state index contributed by atoms with van der Waals surface area (Å²) in [6.07, 6.45) is 0. The SMILES string of the molecule is Cc1nn2c(=O)/c(=C3/C(=O)N(CC(N)=O)c4ccccc43)sc2nc1=O. The van der Waals surface area contributed by atoms with Crippen LogP contribution in [0, 0.1) is 6.92 Å². The van der Waals surface area contributed by atoms with Gasteiger partial charge in [-0.2, -0.15) is 14.6 Å². The number of para-hydroxylation sites is 1. The molecular weight excluding hydrogens is 358 g/mol. The highest BCUT2D eigenvalue weighted by molar-refractivity contribution is 7.15. The molecule has 130 valence electrons. The van der Waals surface area contributed by atoms with Gasteiger partial charge in [-0.1, -0.05) is 29.5 Å². The summed E-state index contributed by atoms with van der Waals surface area (Å²) in [4.78, 5) is 53.8. The minimum absolute atomic E-state index is 0.0856. The summed E-state index contributed by atoms with van der Waals surface area (Å²) >= 11 is 0.908. The van der Waals surface area contributed by atoms with Crippen molar-refractivity contribution in [3.8, 4) is 0 Å². The number of carbonyl (C=O) groups is 2. The van der Waals surface area contributed by atoms with E-state index in [9.17, 15) is 19.2 Å². The van der Waals surface area contributed by atoms with Crippen molar-refractivity contribution in [2.24, 2.45) is 5.73 Å². The molecule has 3 aromatic rings. The average molecular weight is 369 g/mol. The van der Waals surface area contributed by atoms with Crippen molar-refractivity contribution < 1.29 is 9.59 Å². The third-order valence-electron chi connectivity index (χ3n) is 3.98. The van der Waals surface area contributed by atoms with Crippen LogP contribution >= 0.6 is 11.3 Å². The normalized spacial score (nSPS) is 15.6. The van der Waals surface area contributed by atoms with Crippen molar-refractivity contribution in [3.05, 3.63) is 60.8 Å². The van der Waals surface area contributed by atoms with Crippen LogP contribution in [-0.4, -0.2) is 33.0 Å². The highest BCUT2D eigenvalue weighted by atomic mass is 32.1. The van der Waals surface area contributed by atoms with Crippen molar-refractivity contribution in [1.29, 1.82) is 0 Å². The Labute approximate surface area is 149 Å². The lowest BCUT2D eigenvalue weighted by Gasteiger charge is -2.14. The third kappa shape index (κ3) is 2.23. The fraction of sp³-hybridized carbons (Fsp3) is 0.125. The van der Waals surface area contributed by atoms with Crippen LogP contribution in [0.25, 0.3) is 10.5 Å². The summed E-state index contributed by atoms with van der Waals surface area (Å²) < 4.78 is 1.12. The van der Waals surface area contributed by atoms with E-state index in [0.29, 0.717) is 11.3 Å². The van der Waals surface area contributed by atoms with E-state index in [4.69, 9.17) is 5.73 Å². The number of aromatic nitrogens is 3. The second kappa shape index (κ2) is 5.56. The number of thiazole rings is 1. The molecule has 0 saturated heterocycles. The number of hydrogen-bond donors (Lipinski definition) is 1. The Kier molecular flexibility index (Phi) is 3.44. The predicted octanol–water partition coefficient (Wildman–Crippen LogP) is -1.43. The van der Waals surface area contributed by atoms with Crippen LogP contribution in [0.3, 0.4) is 0 Å². The van der Waals surface area contributed by atoms with E-state index in [0.717, 1.165) is 15.9 Å². The van der Waals surface area contributed by atoms with Crippen molar-refractivity contribution >= 4 is 39.4 Å². The van der Waals surface area contributed by atoms with Gasteiger partial charge in [-0.3, -0.25) is 24.1 Å². The van der Waals surface area contributed by atoms with Crippen LogP contribution in [0.1, 0.15) is 11.3 Å². The number of rotatable bonds is 2. The lowest BCUT2D eigenvalue weighted by atomic mass is 10.1. The zero-order valence-electron chi connectivity index (χ0n) is 13.4. The Bertz CT molecular complexity index is 1280. The molecule has 0 atom stereocenters. The van der Waals surface area contributed by atoms with Gasteiger partial charge in [0.1, 0.15) is 16.8 Å². The maximum atomic E-state index is 12.9. The highest BCUT2D eigenvalue weighted by Crippen LogP contribution is 2.34. The third-order valence-corrected chi connectivity index (χ3v) is 5.01. The molecule has 1 aromatic carbocycles. The number of amides is 2. The van der Waals surface area contributed by atoms with Gasteiger partial charge < -0.3 is 5.73 Å². The van der Waals surface area contributed by atoms with E-state index in [-0.39, 0.29) is 27.3 Å². The van der Waals surface area contributed by atoms with E-state index < -0.39 is 22.9 Å². The molecule has 0 spiro atoms. The number of nitrogens with two attached hydrogens (primary N) is 1. The molecule has 0 saturated carbocycles. The monoisotopic (exact) mass is 369 g/mol. The van der Waals surface area contributed by atoms with Crippen molar-refractivity contribution in [1.82, 2.24) is 14.6 Å². The molecular formula is C16H11N5O4S. The molecule has 2 aromatic heterocycles. The maximum absolute atomic E-state index is 12.9. The molecule has 10 heteroatoms. The predicted molar refractivity (Wildman–Crippen MR) is 93.9 cm³/mol. The lowest BCUT2D eigenvalue weighted by molar-refractivity contribution is -0.119. The van der Waals surface area contributed by atoms with Crippen molar-refractivity contribution in [2.75, 3.05) is 11.4 Å². The van der Waals surface area contributed by atoms with Gasteiger partial charge in [-0.05, 0) is 13.0 Å². The Hall–Kier alpha value is -3.40. The largest absolute Gasteiger partial charge is 0.368 e. The standard InChI is InChI=1S/C16H11N5O4S/c1-7-13(23)18-16-21(19-7)15(25)12(26-16)11-8-4-2-3-5-9(8)20(14(11)24)6-10(17)22/h2-5H,6H2,1H3,(H2,17,22)/b12-11-. The number of primary amides is 1. The van der Waals surface area contributed by atoms with Gasteiger partial charge in [0.05, 0.1) is 11.3 Å². The number of aryl methyl sites for hydroxylation is 1. The van der Waals surface area contributed by atoms with E-state index in [1.165, 1.54) is 11.8 Å². The van der Waals surface area contributed by atoms with E-state index >= 15 is 0 Å². The lowest BCUT2D eigenvalue weighted by Crippen LogP contribution is -2.37. The number of anilines is 1. The molecule has 1 aliphatic heterocycles. The molecule has 4 rings (SSSR count). The van der Waals surface area contributed by atoms with Crippen molar-refractivity contribution in [2.45, 2.75) is 6.92 Å². The molecule has 0 unspecified atom stereocenters. The first-order chi connectivity index (χ1) is 12.4. The molecule has 0 fully saturated rings. The first-order valence-electron chi connectivity index (χ1n) is 7.53. The minimum Gasteiger partial charge on any atom is -0.368 e. The summed E-state index contributed by atoms with van der Waals surface area (Å²) in [5.74, 6) is -1.18. The Morgan fingerprint density at radius 2 is 1.96 bits per heavy atom. The molecule has 26 heavy (non-hydrogen) atoms. The Balaban J connectivity index is 2.09. The van der Waals surface area contributed by atoms with Gasteiger partial charge in [0.25, 0.3) is 17.0 Å². The summed E-state index contributed by atoms with van der Waals surface area (Å²) in [6, 6.07) is 6.80. The summed E-state index contributed by atoms with van der Waals surface area (Å²) in [6.45, 7) is 1.15. The molecule has 2 N–H and O–H groups in total. The smallest absolute Gasteiger partial charge is 0.295 e. The molecule has 9 nitrogen and oxygen atoms in total. The van der Waals surface area contributed by atoms with E-state index in [1.807, 2.05) is 0 Å². The van der Waals surface area contributed by atoms with Gasteiger partial charge >= 0.3 is 0 Å². The van der Waals surface area contributed by atoms with Gasteiger partial charge in [0.2, 0.25) is 10.9 Å².